The molecule has 6 nitrogen and oxygen atoms in total. The van der Waals surface area contributed by atoms with Gasteiger partial charge in [-0.15, -0.1) is 0 Å². The monoisotopic (exact) mass is 488 g/mol. The van der Waals surface area contributed by atoms with E-state index in [1.54, 1.807) is 0 Å². The molecule has 7 heteroatoms. The number of benzene rings is 2. The lowest BCUT2D eigenvalue weighted by atomic mass is 9.92. The highest BCUT2D eigenvalue weighted by atomic mass is 32.1. The van der Waals surface area contributed by atoms with Gasteiger partial charge in [-0.3, -0.25) is 0 Å². The molecule has 2 aliphatic heterocycles. The summed E-state index contributed by atoms with van der Waals surface area (Å²) < 4.78 is 11.8. The SMILES string of the molecule is CCc1ccc(-c2noc(C3=C(C)N(CC4CCCO4)C(=S)NC3c3ccc(C)c(C)c3)n2)cc1. The minimum atomic E-state index is -0.182. The summed E-state index contributed by atoms with van der Waals surface area (Å²) in [6, 6.07) is 14.6. The molecule has 1 saturated heterocycles. The van der Waals surface area contributed by atoms with Crippen molar-refractivity contribution in [3.8, 4) is 11.4 Å². The van der Waals surface area contributed by atoms with Crippen molar-refractivity contribution in [2.45, 2.75) is 59.1 Å². The first-order valence-corrected chi connectivity index (χ1v) is 12.8. The van der Waals surface area contributed by atoms with E-state index in [1.165, 1.54) is 16.7 Å². The first-order valence-electron chi connectivity index (χ1n) is 12.4. The number of allylic oxidation sites excluding steroid dienone is 1. The van der Waals surface area contributed by atoms with Crippen molar-refractivity contribution < 1.29 is 9.26 Å². The van der Waals surface area contributed by atoms with Crippen LogP contribution in [0.4, 0.5) is 0 Å². The molecule has 2 aromatic carbocycles. The van der Waals surface area contributed by atoms with Gasteiger partial charge in [0.2, 0.25) is 5.82 Å². The minimum absolute atomic E-state index is 0.166. The second-order valence-electron chi connectivity index (χ2n) is 9.44. The Bertz CT molecular complexity index is 1260. The molecule has 0 radical (unpaired) electrons. The number of ether oxygens (including phenoxy) is 1. The van der Waals surface area contributed by atoms with Crippen LogP contribution in [-0.2, 0) is 11.2 Å². The Morgan fingerprint density at radius 1 is 1.09 bits per heavy atom. The first-order chi connectivity index (χ1) is 16.9. The van der Waals surface area contributed by atoms with Crippen molar-refractivity contribution in [3.63, 3.8) is 0 Å². The molecule has 2 unspecified atom stereocenters. The van der Waals surface area contributed by atoms with Gasteiger partial charge in [0, 0.05) is 17.9 Å². The molecule has 0 aliphatic carbocycles. The zero-order valence-electron chi connectivity index (χ0n) is 20.8. The molecule has 182 valence electrons. The fourth-order valence-corrected chi connectivity index (χ4v) is 5.13. The third kappa shape index (κ3) is 4.75. The highest BCUT2D eigenvalue weighted by Gasteiger charge is 2.35. The summed E-state index contributed by atoms with van der Waals surface area (Å²) in [5.41, 5.74) is 7.79. The van der Waals surface area contributed by atoms with Crippen LogP contribution in [-0.4, -0.2) is 39.4 Å². The zero-order chi connectivity index (χ0) is 24.5. The summed E-state index contributed by atoms with van der Waals surface area (Å²) in [7, 11) is 0. The van der Waals surface area contributed by atoms with Crippen molar-refractivity contribution in [2.75, 3.05) is 13.2 Å². The van der Waals surface area contributed by atoms with Crippen LogP contribution in [0.1, 0.15) is 60.9 Å². The fraction of sp³-hybridized carbons (Fsp3) is 0.393. The number of aromatic nitrogens is 2. The number of nitrogens with one attached hydrogen (secondary N) is 1. The number of hydrogen-bond acceptors (Lipinski definition) is 5. The molecule has 2 aliphatic rings. The second-order valence-corrected chi connectivity index (χ2v) is 9.83. The molecule has 0 amide bonds. The Hall–Kier alpha value is -3.03. The number of rotatable bonds is 6. The van der Waals surface area contributed by atoms with E-state index in [2.05, 4.69) is 73.4 Å². The van der Waals surface area contributed by atoms with Gasteiger partial charge in [-0.05, 0) is 74.5 Å². The van der Waals surface area contributed by atoms with E-state index in [4.69, 9.17) is 26.5 Å². The Kier molecular flexibility index (Phi) is 6.71. The van der Waals surface area contributed by atoms with Gasteiger partial charge >= 0.3 is 0 Å². The van der Waals surface area contributed by atoms with Gasteiger partial charge in [0.05, 0.1) is 24.3 Å². The van der Waals surface area contributed by atoms with E-state index < -0.39 is 0 Å². The number of thiocarbonyl (C=S) groups is 1. The van der Waals surface area contributed by atoms with Crippen molar-refractivity contribution in [1.29, 1.82) is 0 Å². The first kappa shape index (κ1) is 23.7. The molecule has 5 rings (SSSR count). The molecule has 1 fully saturated rings. The molecular weight excluding hydrogens is 456 g/mol. The Morgan fingerprint density at radius 2 is 1.89 bits per heavy atom. The smallest absolute Gasteiger partial charge is 0.258 e. The molecule has 3 heterocycles. The average molecular weight is 489 g/mol. The third-order valence-electron chi connectivity index (χ3n) is 7.15. The predicted octanol–water partition coefficient (Wildman–Crippen LogP) is 5.76. The van der Waals surface area contributed by atoms with Crippen LogP contribution in [0.5, 0.6) is 0 Å². The second kappa shape index (κ2) is 9.91. The van der Waals surface area contributed by atoms with E-state index in [0.29, 0.717) is 23.4 Å². The Balaban J connectivity index is 1.56. The summed E-state index contributed by atoms with van der Waals surface area (Å²) in [5, 5.41) is 8.59. The van der Waals surface area contributed by atoms with Crippen LogP contribution >= 0.6 is 12.2 Å². The number of nitrogens with zero attached hydrogens (tertiary/aromatic N) is 3. The van der Waals surface area contributed by atoms with Crippen LogP contribution in [0.3, 0.4) is 0 Å². The topological polar surface area (TPSA) is 63.4 Å². The standard InChI is InChI=1S/C28H32N4O2S/c1-5-20-9-12-21(13-10-20)26-30-27(34-31-26)24-19(4)32(16-23-7-6-14-33-23)28(35)29-25(24)22-11-8-17(2)18(3)15-22/h8-13,15,23,25H,5-7,14,16H2,1-4H3,(H,29,35). The molecule has 1 aromatic heterocycles. The van der Waals surface area contributed by atoms with Gasteiger partial charge in [0.1, 0.15) is 0 Å². The van der Waals surface area contributed by atoms with Crippen LogP contribution < -0.4 is 5.32 Å². The number of hydrogen-bond donors (Lipinski definition) is 1. The lowest BCUT2D eigenvalue weighted by Gasteiger charge is -2.38. The molecule has 3 aromatic rings. The molecule has 2 atom stereocenters. The van der Waals surface area contributed by atoms with E-state index in [1.807, 2.05) is 12.1 Å². The van der Waals surface area contributed by atoms with Gasteiger partial charge in [-0.1, -0.05) is 54.5 Å². The maximum atomic E-state index is 5.91. The van der Waals surface area contributed by atoms with Gasteiger partial charge in [0.25, 0.3) is 5.89 Å². The highest BCUT2D eigenvalue weighted by Crippen LogP contribution is 2.38. The molecular formula is C28H32N4O2S. The van der Waals surface area contributed by atoms with Gasteiger partial charge in [0.15, 0.2) is 5.11 Å². The normalized spacial score (nSPS) is 20.5. The van der Waals surface area contributed by atoms with Crippen LogP contribution in [0.25, 0.3) is 17.0 Å². The van der Waals surface area contributed by atoms with Gasteiger partial charge < -0.3 is 19.5 Å². The van der Waals surface area contributed by atoms with E-state index in [0.717, 1.165) is 48.3 Å². The van der Waals surface area contributed by atoms with Crippen molar-refractivity contribution in [3.05, 3.63) is 76.3 Å². The maximum Gasteiger partial charge on any atom is 0.258 e. The summed E-state index contributed by atoms with van der Waals surface area (Å²) in [4.78, 5) is 6.96. The van der Waals surface area contributed by atoms with Crippen molar-refractivity contribution in [2.24, 2.45) is 0 Å². The van der Waals surface area contributed by atoms with Gasteiger partial charge in [-0.2, -0.15) is 4.98 Å². The molecule has 35 heavy (non-hydrogen) atoms. The van der Waals surface area contributed by atoms with E-state index >= 15 is 0 Å². The maximum absolute atomic E-state index is 5.91. The van der Waals surface area contributed by atoms with E-state index in [-0.39, 0.29) is 12.1 Å². The van der Waals surface area contributed by atoms with Crippen molar-refractivity contribution in [1.82, 2.24) is 20.4 Å². The quantitative estimate of drug-likeness (QED) is 0.443. The summed E-state index contributed by atoms with van der Waals surface area (Å²) in [6.45, 7) is 10.0. The average Bonchev–Trinajstić information content (AvgIpc) is 3.56. The summed E-state index contributed by atoms with van der Waals surface area (Å²) in [6.07, 6.45) is 3.29. The Morgan fingerprint density at radius 3 is 2.57 bits per heavy atom. The van der Waals surface area contributed by atoms with E-state index in [9.17, 15) is 0 Å². The lowest BCUT2D eigenvalue weighted by molar-refractivity contribution is 0.0962. The van der Waals surface area contributed by atoms with Crippen molar-refractivity contribution >= 4 is 22.9 Å². The third-order valence-corrected chi connectivity index (χ3v) is 7.49. The van der Waals surface area contributed by atoms with Gasteiger partial charge in [-0.25, -0.2) is 0 Å². The highest BCUT2D eigenvalue weighted by molar-refractivity contribution is 7.80. The summed E-state index contributed by atoms with van der Waals surface area (Å²) in [5.74, 6) is 1.09. The largest absolute Gasteiger partial charge is 0.376 e. The fourth-order valence-electron chi connectivity index (χ4n) is 4.80. The molecule has 0 saturated carbocycles. The van der Waals surface area contributed by atoms with Crippen LogP contribution in [0, 0.1) is 13.8 Å². The molecule has 0 spiro atoms. The predicted molar refractivity (Wildman–Crippen MR) is 142 cm³/mol. The molecule has 1 N–H and O–H groups in total. The number of aryl methyl sites for hydroxylation is 3. The Labute approximate surface area is 212 Å². The molecule has 0 bridgehead atoms. The zero-order valence-corrected chi connectivity index (χ0v) is 21.6. The van der Waals surface area contributed by atoms with Crippen LogP contribution in [0.15, 0.2) is 52.7 Å². The minimum Gasteiger partial charge on any atom is -0.376 e. The summed E-state index contributed by atoms with van der Waals surface area (Å²) >= 11 is 5.84. The van der Waals surface area contributed by atoms with Crippen LogP contribution in [0.2, 0.25) is 0 Å². The lowest BCUT2D eigenvalue weighted by Crippen LogP contribution is -2.48.